The third-order valence-electron chi connectivity index (χ3n) is 1.54. The molecule has 61 valence electrons. The van der Waals surface area contributed by atoms with Gasteiger partial charge >= 0.3 is 0 Å². The number of nitrogens with zero attached hydrogens (tertiary/aromatic N) is 2. The van der Waals surface area contributed by atoms with Crippen LogP contribution < -0.4 is 0 Å². The molecule has 1 heterocycles. The van der Waals surface area contributed by atoms with E-state index in [4.69, 9.17) is 11.6 Å². The summed E-state index contributed by atoms with van der Waals surface area (Å²) in [6.45, 7) is 6.30. The van der Waals surface area contributed by atoms with E-state index in [2.05, 4.69) is 32.1 Å². The summed E-state index contributed by atoms with van der Waals surface area (Å²) in [5.74, 6) is 0. The van der Waals surface area contributed by atoms with E-state index in [0.717, 1.165) is 5.69 Å². The van der Waals surface area contributed by atoms with Gasteiger partial charge in [0, 0.05) is 12.5 Å². The zero-order chi connectivity index (χ0) is 8.65. The van der Waals surface area contributed by atoms with E-state index in [-0.39, 0.29) is 5.41 Å². The molecule has 1 rings (SSSR count). The first kappa shape index (κ1) is 8.60. The van der Waals surface area contributed by atoms with Gasteiger partial charge in [0.1, 0.15) is 6.20 Å². The van der Waals surface area contributed by atoms with Crippen LogP contribution in [0, 0.1) is 6.20 Å². The minimum absolute atomic E-state index is 0.0405. The topological polar surface area (TPSA) is 17.8 Å². The molecule has 0 bridgehead atoms. The van der Waals surface area contributed by atoms with E-state index >= 15 is 0 Å². The van der Waals surface area contributed by atoms with Gasteiger partial charge in [0.2, 0.25) is 0 Å². The van der Waals surface area contributed by atoms with Crippen molar-refractivity contribution in [2.45, 2.75) is 26.2 Å². The first-order valence-corrected chi connectivity index (χ1v) is 3.91. The lowest BCUT2D eigenvalue weighted by Gasteiger charge is -2.18. The summed E-state index contributed by atoms with van der Waals surface area (Å²) >= 11 is 5.89. The molecule has 1 radical (unpaired) electrons. The Hall–Kier alpha value is -0.500. The Labute approximate surface area is 72.2 Å². The number of aromatic nitrogens is 2. The van der Waals surface area contributed by atoms with Crippen molar-refractivity contribution >= 4 is 11.6 Å². The highest BCUT2D eigenvalue weighted by molar-refractivity contribution is 6.31. The van der Waals surface area contributed by atoms with Gasteiger partial charge in [0.25, 0.3) is 0 Å². The molecule has 0 saturated carbocycles. The Morgan fingerprint density at radius 2 is 2.00 bits per heavy atom. The summed E-state index contributed by atoms with van der Waals surface area (Å²) in [6.07, 6.45) is 2.72. The van der Waals surface area contributed by atoms with Crippen LogP contribution in [-0.4, -0.2) is 9.78 Å². The van der Waals surface area contributed by atoms with Crippen LogP contribution in [-0.2, 0) is 12.5 Å². The molecular formula is C8H12ClN2. The monoisotopic (exact) mass is 171 g/mol. The molecule has 0 amide bonds. The molecule has 0 aromatic carbocycles. The molecule has 0 fully saturated rings. The lowest BCUT2D eigenvalue weighted by Crippen LogP contribution is -2.16. The van der Waals surface area contributed by atoms with Gasteiger partial charge in [-0.05, 0) is 0 Å². The van der Waals surface area contributed by atoms with Gasteiger partial charge in [0.05, 0.1) is 10.7 Å². The van der Waals surface area contributed by atoms with Crippen LogP contribution in [0.1, 0.15) is 26.5 Å². The summed E-state index contributed by atoms with van der Waals surface area (Å²) in [5.41, 5.74) is 1.07. The fourth-order valence-corrected chi connectivity index (χ4v) is 1.62. The molecular weight excluding hydrogens is 160 g/mol. The lowest BCUT2D eigenvalue weighted by atomic mass is 9.92. The van der Waals surface area contributed by atoms with Crippen molar-refractivity contribution in [2.75, 3.05) is 0 Å². The molecule has 0 aliphatic heterocycles. The van der Waals surface area contributed by atoms with Gasteiger partial charge in [-0.3, -0.25) is 4.68 Å². The van der Waals surface area contributed by atoms with Crippen molar-refractivity contribution in [3.8, 4) is 0 Å². The van der Waals surface area contributed by atoms with Crippen LogP contribution in [0.2, 0.25) is 5.02 Å². The van der Waals surface area contributed by atoms with Crippen LogP contribution in [0.4, 0.5) is 0 Å². The maximum Gasteiger partial charge on any atom is 0.133 e. The molecule has 0 aliphatic rings. The summed E-state index contributed by atoms with van der Waals surface area (Å²) in [4.78, 5) is 0. The quantitative estimate of drug-likeness (QED) is 0.585. The summed E-state index contributed by atoms with van der Waals surface area (Å²) in [5, 5.41) is 4.57. The molecule has 1 aromatic heterocycles. The van der Waals surface area contributed by atoms with Crippen LogP contribution in [0.15, 0.2) is 0 Å². The fourth-order valence-electron chi connectivity index (χ4n) is 1.18. The second-order valence-corrected chi connectivity index (χ2v) is 4.03. The zero-order valence-corrected chi connectivity index (χ0v) is 8.03. The molecule has 0 atom stereocenters. The molecule has 3 heteroatoms. The van der Waals surface area contributed by atoms with Crippen molar-refractivity contribution in [1.82, 2.24) is 9.78 Å². The molecule has 0 aliphatic carbocycles. The first-order chi connectivity index (χ1) is 4.93. The zero-order valence-electron chi connectivity index (χ0n) is 7.27. The SMILES string of the molecule is Cn1n[c]c(Cl)c1C(C)(C)C. The van der Waals surface area contributed by atoms with Crippen LogP contribution in [0.3, 0.4) is 0 Å². The highest BCUT2D eigenvalue weighted by atomic mass is 35.5. The average molecular weight is 172 g/mol. The normalized spacial score (nSPS) is 12.1. The predicted octanol–water partition coefficient (Wildman–Crippen LogP) is 2.17. The van der Waals surface area contributed by atoms with Crippen molar-refractivity contribution in [1.29, 1.82) is 0 Å². The number of hydrogen-bond acceptors (Lipinski definition) is 1. The Bertz CT molecular complexity index is 238. The molecule has 1 aromatic rings. The second-order valence-electron chi connectivity index (χ2n) is 3.65. The Morgan fingerprint density at radius 3 is 2.18 bits per heavy atom. The molecule has 11 heavy (non-hydrogen) atoms. The summed E-state index contributed by atoms with van der Waals surface area (Å²) in [6, 6.07) is 0. The summed E-state index contributed by atoms with van der Waals surface area (Å²) < 4.78 is 1.77. The Morgan fingerprint density at radius 1 is 1.45 bits per heavy atom. The van der Waals surface area contributed by atoms with Crippen molar-refractivity contribution in [3.05, 3.63) is 16.9 Å². The fraction of sp³-hybridized carbons (Fsp3) is 0.625. The lowest BCUT2D eigenvalue weighted by molar-refractivity contribution is 0.523. The van der Waals surface area contributed by atoms with Crippen molar-refractivity contribution in [3.63, 3.8) is 0 Å². The number of rotatable bonds is 0. The highest BCUT2D eigenvalue weighted by Crippen LogP contribution is 2.27. The molecule has 0 saturated heterocycles. The Balaban J connectivity index is 3.21. The Kier molecular flexibility index (Phi) is 1.97. The highest BCUT2D eigenvalue weighted by Gasteiger charge is 2.21. The maximum absolute atomic E-state index is 5.89. The minimum atomic E-state index is 0.0405. The largest absolute Gasteiger partial charge is 0.270 e. The standard InChI is InChI=1S/C8H12ClN2/c1-8(2,3)7-6(9)5-10-11(7)4/h1-4H3. The molecule has 0 unspecified atom stereocenters. The third-order valence-corrected chi connectivity index (χ3v) is 1.80. The van der Waals surface area contributed by atoms with E-state index in [1.165, 1.54) is 0 Å². The van der Waals surface area contributed by atoms with Crippen LogP contribution in [0.25, 0.3) is 0 Å². The third kappa shape index (κ3) is 1.56. The van der Waals surface area contributed by atoms with Gasteiger partial charge in [-0.15, -0.1) is 0 Å². The summed E-state index contributed by atoms with van der Waals surface area (Å²) in [7, 11) is 1.88. The van der Waals surface area contributed by atoms with Gasteiger partial charge in [-0.25, -0.2) is 0 Å². The second kappa shape index (κ2) is 2.52. The van der Waals surface area contributed by atoms with E-state index in [9.17, 15) is 0 Å². The van der Waals surface area contributed by atoms with Crippen LogP contribution in [0.5, 0.6) is 0 Å². The van der Waals surface area contributed by atoms with Crippen LogP contribution >= 0.6 is 11.6 Å². The average Bonchev–Trinajstić information content (AvgIpc) is 2.08. The van der Waals surface area contributed by atoms with Gasteiger partial charge < -0.3 is 0 Å². The van der Waals surface area contributed by atoms with Crippen molar-refractivity contribution in [2.24, 2.45) is 7.05 Å². The van der Waals surface area contributed by atoms with E-state index in [0.29, 0.717) is 5.02 Å². The minimum Gasteiger partial charge on any atom is -0.270 e. The maximum atomic E-state index is 5.89. The van der Waals surface area contributed by atoms with E-state index in [1.54, 1.807) is 4.68 Å². The first-order valence-electron chi connectivity index (χ1n) is 3.53. The van der Waals surface area contributed by atoms with Gasteiger partial charge in [-0.2, -0.15) is 5.10 Å². The molecule has 2 nitrogen and oxygen atoms in total. The smallest absolute Gasteiger partial charge is 0.133 e. The number of aryl methyl sites for hydroxylation is 1. The van der Waals surface area contributed by atoms with Gasteiger partial charge in [-0.1, -0.05) is 32.4 Å². The van der Waals surface area contributed by atoms with Crippen molar-refractivity contribution < 1.29 is 0 Å². The molecule has 0 N–H and O–H groups in total. The van der Waals surface area contributed by atoms with Gasteiger partial charge in [0.15, 0.2) is 0 Å². The van der Waals surface area contributed by atoms with E-state index in [1.807, 2.05) is 7.05 Å². The molecule has 0 spiro atoms. The predicted molar refractivity (Wildman–Crippen MR) is 45.8 cm³/mol. The number of halogens is 1. The van der Waals surface area contributed by atoms with E-state index < -0.39 is 0 Å². The number of hydrogen-bond donors (Lipinski definition) is 0.